The summed E-state index contributed by atoms with van der Waals surface area (Å²) in [5, 5.41) is 2.75. The van der Waals surface area contributed by atoms with Gasteiger partial charge in [-0.1, -0.05) is 15.9 Å². The summed E-state index contributed by atoms with van der Waals surface area (Å²) in [6.07, 6.45) is -0.00810. The molecular formula is C23H25BrN2O6. The predicted octanol–water partition coefficient (Wildman–Crippen LogP) is 3.62. The number of methoxy groups -OCH3 is 2. The van der Waals surface area contributed by atoms with E-state index in [1.807, 2.05) is 26.0 Å². The fourth-order valence-electron chi connectivity index (χ4n) is 3.46. The maximum absolute atomic E-state index is 12.6. The van der Waals surface area contributed by atoms with E-state index < -0.39 is 24.4 Å². The Labute approximate surface area is 194 Å². The summed E-state index contributed by atoms with van der Waals surface area (Å²) in [6.45, 7) is 3.49. The molecular weight excluding hydrogens is 480 g/mol. The van der Waals surface area contributed by atoms with Gasteiger partial charge in [-0.25, -0.2) is 0 Å². The standard InChI is InChI=1S/C23H25BrN2O6/c1-13-8-18(14(2)7-17(13)24)25-21(27)12-32-23(29)15-9-22(28)26(11-15)19-10-16(30-3)5-6-20(19)31-4/h5-8,10,15H,9,11-12H2,1-4H3,(H,25,27)/t15-/m0/s1. The number of nitrogens with one attached hydrogen (secondary N) is 1. The lowest BCUT2D eigenvalue weighted by atomic mass is 10.1. The molecule has 8 nitrogen and oxygen atoms in total. The maximum Gasteiger partial charge on any atom is 0.311 e. The van der Waals surface area contributed by atoms with E-state index in [-0.39, 0.29) is 18.9 Å². The molecule has 2 aromatic rings. The first kappa shape index (κ1) is 23.6. The van der Waals surface area contributed by atoms with Gasteiger partial charge in [-0.3, -0.25) is 14.4 Å². The smallest absolute Gasteiger partial charge is 0.311 e. The molecule has 0 aliphatic carbocycles. The van der Waals surface area contributed by atoms with Crippen LogP contribution in [-0.2, 0) is 19.1 Å². The maximum atomic E-state index is 12.6. The predicted molar refractivity (Wildman–Crippen MR) is 123 cm³/mol. The van der Waals surface area contributed by atoms with E-state index in [1.165, 1.54) is 19.1 Å². The van der Waals surface area contributed by atoms with Crippen LogP contribution in [0.2, 0.25) is 0 Å². The molecule has 1 heterocycles. The molecule has 1 saturated heterocycles. The van der Waals surface area contributed by atoms with Crippen LogP contribution in [0.3, 0.4) is 0 Å². The van der Waals surface area contributed by atoms with Crippen LogP contribution in [-0.4, -0.2) is 45.2 Å². The number of halogens is 1. The van der Waals surface area contributed by atoms with Crippen LogP contribution >= 0.6 is 15.9 Å². The van der Waals surface area contributed by atoms with Gasteiger partial charge < -0.3 is 24.4 Å². The lowest BCUT2D eigenvalue weighted by molar-refractivity contribution is -0.151. The van der Waals surface area contributed by atoms with Crippen molar-refractivity contribution >= 4 is 45.1 Å². The second-order valence-electron chi connectivity index (χ2n) is 7.52. The van der Waals surface area contributed by atoms with E-state index in [1.54, 1.807) is 18.2 Å². The van der Waals surface area contributed by atoms with Crippen LogP contribution in [0.15, 0.2) is 34.8 Å². The monoisotopic (exact) mass is 504 g/mol. The summed E-state index contributed by atoms with van der Waals surface area (Å²) < 4.78 is 16.7. The van der Waals surface area contributed by atoms with Crippen molar-refractivity contribution in [3.8, 4) is 11.5 Å². The van der Waals surface area contributed by atoms with Gasteiger partial charge >= 0.3 is 5.97 Å². The minimum atomic E-state index is -0.678. The number of esters is 1. The quantitative estimate of drug-likeness (QED) is 0.578. The average Bonchev–Trinajstić information content (AvgIpc) is 3.16. The molecule has 32 heavy (non-hydrogen) atoms. The van der Waals surface area contributed by atoms with Crippen molar-refractivity contribution < 1.29 is 28.6 Å². The molecule has 9 heteroatoms. The van der Waals surface area contributed by atoms with E-state index in [4.69, 9.17) is 14.2 Å². The zero-order valence-electron chi connectivity index (χ0n) is 18.4. The first-order valence-electron chi connectivity index (χ1n) is 9.99. The Kier molecular flexibility index (Phi) is 7.40. The molecule has 0 aromatic heterocycles. The van der Waals surface area contributed by atoms with Gasteiger partial charge in [0.25, 0.3) is 5.91 Å². The van der Waals surface area contributed by atoms with E-state index in [0.717, 1.165) is 15.6 Å². The van der Waals surface area contributed by atoms with E-state index in [9.17, 15) is 14.4 Å². The topological polar surface area (TPSA) is 94.2 Å². The van der Waals surface area contributed by atoms with Gasteiger partial charge in [0.15, 0.2) is 6.61 Å². The Morgan fingerprint density at radius 3 is 2.56 bits per heavy atom. The first-order valence-corrected chi connectivity index (χ1v) is 10.8. The SMILES string of the molecule is COc1ccc(OC)c(N2C[C@@H](C(=O)OCC(=O)Nc3cc(C)c(Br)cc3C)CC2=O)c1. The second kappa shape index (κ2) is 10.0. The van der Waals surface area contributed by atoms with Crippen molar-refractivity contribution in [3.05, 3.63) is 45.9 Å². The van der Waals surface area contributed by atoms with Gasteiger partial charge in [-0.05, 0) is 49.2 Å². The minimum absolute atomic E-state index is 0.00810. The highest BCUT2D eigenvalue weighted by Gasteiger charge is 2.37. The summed E-state index contributed by atoms with van der Waals surface area (Å²) in [4.78, 5) is 38.8. The van der Waals surface area contributed by atoms with Crippen LogP contribution < -0.4 is 19.7 Å². The molecule has 2 aromatic carbocycles. The number of carbonyl (C=O) groups is 3. The van der Waals surface area contributed by atoms with Gasteiger partial charge in [-0.15, -0.1) is 0 Å². The summed E-state index contributed by atoms with van der Waals surface area (Å²) in [5.74, 6) is -0.894. The Bertz CT molecular complexity index is 1060. The zero-order valence-corrected chi connectivity index (χ0v) is 19.9. The lowest BCUT2D eigenvalue weighted by Crippen LogP contribution is -2.28. The Morgan fingerprint density at radius 2 is 1.88 bits per heavy atom. The zero-order chi connectivity index (χ0) is 23.4. The third kappa shape index (κ3) is 5.21. The largest absolute Gasteiger partial charge is 0.497 e. The van der Waals surface area contributed by atoms with Crippen molar-refractivity contribution in [2.24, 2.45) is 5.92 Å². The van der Waals surface area contributed by atoms with Crippen LogP contribution in [0, 0.1) is 19.8 Å². The third-order valence-corrected chi connectivity index (χ3v) is 6.11. The Balaban J connectivity index is 1.61. The summed E-state index contributed by atoms with van der Waals surface area (Å²) >= 11 is 3.45. The highest BCUT2D eigenvalue weighted by atomic mass is 79.9. The molecule has 0 bridgehead atoms. The molecule has 1 fully saturated rings. The third-order valence-electron chi connectivity index (χ3n) is 5.26. The first-order chi connectivity index (χ1) is 15.2. The van der Waals surface area contributed by atoms with E-state index >= 15 is 0 Å². The fraction of sp³-hybridized carbons (Fsp3) is 0.348. The number of rotatable bonds is 7. The number of anilines is 2. The number of hydrogen-bond acceptors (Lipinski definition) is 6. The molecule has 0 unspecified atom stereocenters. The van der Waals surface area contributed by atoms with Crippen LogP contribution in [0.1, 0.15) is 17.5 Å². The van der Waals surface area contributed by atoms with E-state index in [2.05, 4.69) is 21.2 Å². The Morgan fingerprint density at radius 1 is 1.12 bits per heavy atom. The minimum Gasteiger partial charge on any atom is -0.497 e. The Hall–Kier alpha value is -3.07. The van der Waals surface area contributed by atoms with Gasteiger partial charge in [0.05, 0.1) is 25.8 Å². The molecule has 2 amide bonds. The number of ether oxygens (including phenoxy) is 3. The number of carbonyl (C=O) groups excluding carboxylic acids is 3. The van der Waals surface area contributed by atoms with Crippen molar-refractivity contribution in [2.45, 2.75) is 20.3 Å². The van der Waals surface area contributed by atoms with Gasteiger partial charge in [0.1, 0.15) is 11.5 Å². The van der Waals surface area contributed by atoms with E-state index in [0.29, 0.717) is 22.9 Å². The molecule has 1 N–H and O–H groups in total. The summed E-state index contributed by atoms with van der Waals surface area (Å²) in [7, 11) is 3.03. The second-order valence-corrected chi connectivity index (χ2v) is 8.37. The molecule has 3 rings (SSSR count). The normalized spacial score (nSPS) is 15.5. The molecule has 0 saturated carbocycles. The fourth-order valence-corrected chi connectivity index (χ4v) is 3.92. The van der Waals surface area contributed by atoms with Gasteiger partial charge in [0.2, 0.25) is 5.91 Å². The van der Waals surface area contributed by atoms with Crippen LogP contribution in [0.4, 0.5) is 11.4 Å². The summed E-state index contributed by atoms with van der Waals surface area (Å²) in [6, 6.07) is 8.85. The van der Waals surface area contributed by atoms with Crippen molar-refractivity contribution in [1.82, 2.24) is 0 Å². The summed E-state index contributed by atoms with van der Waals surface area (Å²) in [5.41, 5.74) is 3.02. The molecule has 0 spiro atoms. The van der Waals surface area contributed by atoms with Crippen molar-refractivity contribution in [3.63, 3.8) is 0 Å². The average molecular weight is 505 g/mol. The number of aryl methyl sites for hydroxylation is 2. The van der Waals surface area contributed by atoms with Gasteiger partial charge in [-0.2, -0.15) is 0 Å². The lowest BCUT2D eigenvalue weighted by Gasteiger charge is -2.20. The number of benzene rings is 2. The molecule has 170 valence electrons. The molecule has 0 radical (unpaired) electrons. The molecule has 1 aliphatic heterocycles. The van der Waals surface area contributed by atoms with Gasteiger partial charge in [0, 0.05) is 29.2 Å². The molecule has 1 aliphatic rings. The van der Waals surface area contributed by atoms with Crippen LogP contribution in [0.25, 0.3) is 0 Å². The number of nitrogens with zero attached hydrogens (tertiary/aromatic N) is 1. The number of hydrogen-bond donors (Lipinski definition) is 1. The molecule has 1 atom stereocenters. The van der Waals surface area contributed by atoms with Crippen molar-refractivity contribution in [2.75, 3.05) is 37.6 Å². The highest BCUT2D eigenvalue weighted by Crippen LogP contribution is 2.36. The number of amides is 2. The van der Waals surface area contributed by atoms with Crippen molar-refractivity contribution in [1.29, 1.82) is 0 Å². The van der Waals surface area contributed by atoms with Crippen LogP contribution in [0.5, 0.6) is 11.5 Å². The highest BCUT2D eigenvalue weighted by molar-refractivity contribution is 9.10.